The largest absolute Gasteiger partial charge is 0.497 e. The minimum absolute atomic E-state index is 0.0840. The summed E-state index contributed by atoms with van der Waals surface area (Å²) in [6.07, 6.45) is 3.54. The van der Waals surface area contributed by atoms with E-state index in [9.17, 15) is 4.79 Å². The molecule has 0 spiro atoms. The third-order valence-electron chi connectivity index (χ3n) is 3.40. The lowest BCUT2D eigenvalue weighted by atomic mass is 10.2. The fourth-order valence-corrected chi connectivity index (χ4v) is 3.35. The van der Waals surface area contributed by atoms with Gasteiger partial charge in [-0.1, -0.05) is 22.0 Å². The summed E-state index contributed by atoms with van der Waals surface area (Å²) in [6.45, 7) is 0. The smallest absolute Gasteiger partial charge is 0.234 e. The summed E-state index contributed by atoms with van der Waals surface area (Å²) in [5.41, 5.74) is 1.52. The van der Waals surface area contributed by atoms with Crippen molar-refractivity contribution in [3.8, 4) is 11.4 Å². The van der Waals surface area contributed by atoms with Gasteiger partial charge in [-0.15, -0.1) is 11.8 Å². The van der Waals surface area contributed by atoms with Gasteiger partial charge in [0.2, 0.25) is 5.91 Å². The number of thioether (sulfide) groups is 1. The first-order chi connectivity index (χ1) is 12.2. The highest BCUT2D eigenvalue weighted by Crippen LogP contribution is 2.26. The minimum Gasteiger partial charge on any atom is -0.497 e. The number of nitrogens with one attached hydrogen (secondary N) is 1. The third-order valence-corrected chi connectivity index (χ3v) is 4.88. The van der Waals surface area contributed by atoms with E-state index in [4.69, 9.17) is 4.74 Å². The minimum atomic E-state index is -0.0840. The summed E-state index contributed by atoms with van der Waals surface area (Å²) in [4.78, 5) is 13.3. The second-order valence-electron chi connectivity index (χ2n) is 5.13. The van der Waals surface area contributed by atoms with Crippen molar-refractivity contribution in [3.63, 3.8) is 0 Å². The Labute approximate surface area is 158 Å². The Hall–Kier alpha value is -2.25. The van der Waals surface area contributed by atoms with Gasteiger partial charge in [0.05, 0.1) is 24.2 Å². The summed E-state index contributed by atoms with van der Waals surface area (Å²) in [6, 6.07) is 15.2. The molecule has 3 aromatic rings. The first kappa shape index (κ1) is 17.6. The van der Waals surface area contributed by atoms with Crippen LogP contribution in [-0.4, -0.2) is 28.6 Å². The molecule has 0 aliphatic rings. The van der Waals surface area contributed by atoms with Gasteiger partial charge in [-0.3, -0.25) is 4.79 Å². The molecule has 0 aliphatic carbocycles. The Morgan fingerprint density at radius 1 is 1.28 bits per heavy atom. The molecule has 2 aromatic carbocycles. The van der Waals surface area contributed by atoms with Crippen molar-refractivity contribution in [1.29, 1.82) is 0 Å². The van der Waals surface area contributed by atoms with Gasteiger partial charge < -0.3 is 10.1 Å². The second kappa shape index (κ2) is 8.22. The predicted molar refractivity (Wildman–Crippen MR) is 104 cm³/mol. The lowest BCUT2D eigenvalue weighted by Gasteiger charge is -2.12. The van der Waals surface area contributed by atoms with Crippen LogP contribution in [-0.2, 0) is 4.79 Å². The molecule has 0 saturated heterocycles. The number of carbonyl (C=O) groups excluding carboxylic acids is 1. The number of anilines is 1. The number of nitrogens with zero attached hydrogens (tertiary/aromatic N) is 2. The fourth-order valence-electron chi connectivity index (χ4n) is 2.25. The summed E-state index contributed by atoms with van der Waals surface area (Å²) < 4.78 is 7.81. The highest BCUT2D eigenvalue weighted by molar-refractivity contribution is 9.10. The predicted octanol–water partition coefficient (Wildman–Crippen LogP) is 4.37. The average molecular weight is 418 g/mol. The third kappa shape index (κ3) is 4.64. The standard InChI is InChI=1S/C18H16BrN3O2S/c1-24-14-4-2-5-15(11-14)25-12-18(23)21-16-10-13(19)6-7-17(16)22-9-3-8-20-22/h2-11H,12H2,1H3,(H,21,23). The van der Waals surface area contributed by atoms with Crippen molar-refractivity contribution in [2.75, 3.05) is 18.2 Å². The lowest BCUT2D eigenvalue weighted by Crippen LogP contribution is -2.16. The van der Waals surface area contributed by atoms with Gasteiger partial charge in [0, 0.05) is 21.8 Å². The number of hydrogen-bond donors (Lipinski definition) is 1. The SMILES string of the molecule is COc1cccc(SCC(=O)Nc2cc(Br)ccc2-n2cccn2)c1. The first-order valence-corrected chi connectivity index (χ1v) is 9.30. The molecule has 25 heavy (non-hydrogen) atoms. The number of hydrogen-bond acceptors (Lipinski definition) is 4. The van der Waals surface area contributed by atoms with Crippen LogP contribution >= 0.6 is 27.7 Å². The van der Waals surface area contributed by atoms with Crippen LogP contribution < -0.4 is 10.1 Å². The Morgan fingerprint density at radius 3 is 2.92 bits per heavy atom. The number of ether oxygens (including phenoxy) is 1. The number of halogens is 1. The van der Waals surface area contributed by atoms with E-state index in [1.165, 1.54) is 11.8 Å². The maximum Gasteiger partial charge on any atom is 0.234 e. The molecule has 0 bridgehead atoms. The topological polar surface area (TPSA) is 56.1 Å². The molecule has 0 unspecified atom stereocenters. The normalized spacial score (nSPS) is 10.5. The van der Waals surface area contributed by atoms with Crippen molar-refractivity contribution in [2.24, 2.45) is 0 Å². The van der Waals surface area contributed by atoms with E-state index in [1.807, 2.05) is 54.7 Å². The number of benzene rings is 2. The molecule has 0 fully saturated rings. The number of rotatable bonds is 6. The molecule has 7 heteroatoms. The molecule has 3 rings (SSSR count). The monoisotopic (exact) mass is 417 g/mol. The van der Waals surface area contributed by atoms with Crippen molar-refractivity contribution in [3.05, 3.63) is 65.4 Å². The van der Waals surface area contributed by atoms with Gasteiger partial charge in [-0.2, -0.15) is 5.10 Å². The maximum atomic E-state index is 12.4. The summed E-state index contributed by atoms with van der Waals surface area (Å²) >= 11 is 4.90. The van der Waals surface area contributed by atoms with Crippen LogP contribution in [0.25, 0.3) is 5.69 Å². The first-order valence-electron chi connectivity index (χ1n) is 7.52. The summed E-state index contributed by atoms with van der Waals surface area (Å²) in [5.74, 6) is 0.996. The maximum absolute atomic E-state index is 12.4. The van der Waals surface area contributed by atoms with Crippen molar-refractivity contribution < 1.29 is 9.53 Å². The fraction of sp³-hybridized carbons (Fsp3) is 0.111. The molecule has 0 radical (unpaired) electrons. The number of amides is 1. The Balaban J connectivity index is 1.69. The van der Waals surface area contributed by atoms with E-state index in [0.29, 0.717) is 11.4 Å². The van der Waals surface area contributed by atoms with E-state index >= 15 is 0 Å². The van der Waals surface area contributed by atoms with Crippen LogP contribution in [0.15, 0.2) is 70.3 Å². The van der Waals surface area contributed by atoms with Gasteiger partial charge in [0.1, 0.15) is 5.75 Å². The average Bonchev–Trinajstić information content (AvgIpc) is 3.15. The number of methoxy groups -OCH3 is 1. The molecule has 0 aliphatic heterocycles. The molecular weight excluding hydrogens is 402 g/mol. The van der Waals surface area contributed by atoms with Gasteiger partial charge in [-0.25, -0.2) is 4.68 Å². The molecule has 0 atom stereocenters. The van der Waals surface area contributed by atoms with Crippen LogP contribution in [0, 0.1) is 0 Å². The zero-order valence-corrected chi connectivity index (χ0v) is 15.9. The van der Waals surface area contributed by atoms with Gasteiger partial charge in [0.15, 0.2) is 0 Å². The molecule has 1 aromatic heterocycles. The molecule has 128 valence electrons. The Bertz CT molecular complexity index is 869. The van der Waals surface area contributed by atoms with E-state index in [0.717, 1.165) is 20.8 Å². The van der Waals surface area contributed by atoms with E-state index in [-0.39, 0.29) is 5.91 Å². The second-order valence-corrected chi connectivity index (χ2v) is 7.09. The Morgan fingerprint density at radius 2 is 2.16 bits per heavy atom. The molecule has 0 saturated carbocycles. The highest BCUT2D eigenvalue weighted by atomic mass is 79.9. The van der Waals surface area contributed by atoms with Gasteiger partial charge >= 0.3 is 0 Å². The molecule has 5 nitrogen and oxygen atoms in total. The zero-order valence-electron chi connectivity index (χ0n) is 13.5. The van der Waals surface area contributed by atoms with Crippen molar-refractivity contribution in [2.45, 2.75) is 4.90 Å². The van der Waals surface area contributed by atoms with Crippen LogP contribution in [0.5, 0.6) is 5.75 Å². The molecule has 1 heterocycles. The van der Waals surface area contributed by atoms with Crippen molar-refractivity contribution in [1.82, 2.24) is 9.78 Å². The quantitative estimate of drug-likeness (QED) is 0.604. The summed E-state index contributed by atoms with van der Waals surface area (Å²) in [5, 5.41) is 7.18. The number of aromatic nitrogens is 2. The Kier molecular flexibility index (Phi) is 5.78. The van der Waals surface area contributed by atoms with Crippen LogP contribution in [0.2, 0.25) is 0 Å². The highest BCUT2D eigenvalue weighted by Gasteiger charge is 2.10. The van der Waals surface area contributed by atoms with E-state index in [2.05, 4.69) is 26.3 Å². The zero-order chi connectivity index (χ0) is 17.6. The van der Waals surface area contributed by atoms with Gasteiger partial charge in [0.25, 0.3) is 0 Å². The van der Waals surface area contributed by atoms with E-state index < -0.39 is 0 Å². The molecule has 1 amide bonds. The molecule has 1 N–H and O–H groups in total. The van der Waals surface area contributed by atoms with E-state index in [1.54, 1.807) is 18.0 Å². The van der Waals surface area contributed by atoms with Crippen LogP contribution in [0.1, 0.15) is 0 Å². The summed E-state index contributed by atoms with van der Waals surface area (Å²) in [7, 11) is 1.63. The number of carbonyl (C=O) groups is 1. The van der Waals surface area contributed by atoms with Crippen LogP contribution in [0.3, 0.4) is 0 Å². The van der Waals surface area contributed by atoms with Crippen LogP contribution in [0.4, 0.5) is 5.69 Å². The lowest BCUT2D eigenvalue weighted by molar-refractivity contribution is -0.113. The molecular formula is C18H16BrN3O2S. The van der Waals surface area contributed by atoms with Gasteiger partial charge in [-0.05, 0) is 42.5 Å². The van der Waals surface area contributed by atoms with Crippen molar-refractivity contribution >= 4 is 39.3 Å².